The van der Waals surface area contributed by atoms with Gasteiger partial charge in [-0.2, -0.15) is 0 Å². The minimum Gasteiger partial charge on any atom is -0.462 e. The van der Waals surface area contributed by atoms with Crippen molar-refractivity contribution in [3.8, 4) is 0 Å². The molecule has 67 heavy (non-hydrogen) atoms. The van der Waals surface area contributed by atoms with Crippen molar-refractivity contribution in [2.24, 2.45) is 0 Å². The Morgan fingerprint density at radius 3 is 0.940 bits per heavy atom. The minimum absolute atomic E-state index is 0.0831. The SMILES string of the molecule is CCCCCCCCCCCCCCCCCC(=O)OCC(COC(=O)CCCCCCCCC1OC1CC1OC1CCCCC)OC(=O)CCCCCCCC1OC1CCCCCCCC. The van der Waals surface area contributed by atoms with Crippen molar-refractivity contribution in [3.63, 3.8) is 0 Å². The van der Waals surface area contributed by atoms with Gasteiger partial charge < -0.3 is 28.4 Å². The topological polar surface area (TPSA) is 116 Å². The van der Waals surface area contributed by atoms with Gasteiger partial charge in [0.15, 0.2) is 6.10 Å². The highest BCUT2D eigenvalue weighted by atomic mass is 16.6. The van der Waals surface area contributed by atoms with E-state index >= 15 is 0 Å². The van der Waals surface area contributed by atoms with Crippen molar-refractivity contribution in [1.82, 2.24) is 0 Å². The van der Waals surface area contributed by atoms with Gasteiger partial charge in [0.1, 0.15) is 13.2 Å². The first-order chi connectivity index (χ1) is 32.9. The van der Waals surface area contributed by atoms with Crippen LogP contribution in [0.2, 0.25) is 0 Å². The van der Waals surface area contributed by atoms with Gasteiger partial charge in [-0.1, -0.05) is 226 Å². The zero-order valence-electron chi connectivity index (χ0n) is 44.0. The third-order valence-corrected chi connectivity index (χ3v) is 14.6. The number of ether oxygens (including phenoxy) is 6. The van der Waals surface area contributed by atoms with Gasteiger partial charge in [-0.3, -0.25) is 14.4 Å². The molecule has 392 valence electrons. The van der Waals surface area contributed by atoms with E-state index in [9.17, 15) is 14.4 Å². The molecule has 0 saturated carbocycles. The van der Waals surface area contributed by atoms with Gasteiger partial charge in [0, 0.05) is 25.7 Å². The lowest BCUT2D eigenvalue weighted by atomic mass is 10.0. The maximum absolute atomic E-state index is 12.9. The molecule has 3 heterocycles. The molecular formula is C58H106O9. The molecule has 0 bridgehead atoms. The Morgan fingerprint density at radius 2 is 0.582 bits per heavy atom. The summed E-state index contributed by atoms with van der Waals surface area (Å²) < 4.78 is 34.6. The van der Waals surface area contributed by atoms with Crippen molar-refractivity contribution in [2.45, 2.75) is 340 Å². The fourth-order valence-electron chi connectivity index (χ4n) is 9.90. The molecule has 0 amide bonds. The van der Waals surface area contributed by atoms with Crippen LogP contribution >= 0.6 is 0 Å². The van der Waals surface area contributed by atoms with Gasteiger partial charge in [-0.15, -0.1) is 0 Å². The van der Waals surface area contributed by atoms with Gasteiger partial charge >= 0.3 is 17.9 Å². The van der Waals surface area contributed by atoms with E-state index in [0.717, 1.165) is 89.9 Å². The summed E-state index contributed by atoms with van der Waals surface area (Å²) >= 11 is 0. The third-order valence-electron chi connectivity index (χ3n) is 14.6. The Bertz CT molecular complexity index is 1190. The summed E-state index contributed by atoms with van der Waals surface area (Å²) in [6.07, 6.45) is 51.2. The number of hydrogen-bond acceptors (Lipinski definition) is 9. The van der Waals surface area contributed by atoms with Crippen LogP contribution in [-0.2, 0) is 42.8 Å². The van der Waals surface area contributed by atoms with Crippen LogP contribution in [0.25, 0.3) is 0 Å². The molecule has 9 heteroatoms. The second-order valence-electron chi connectivity index (χ2n) is 21.1. The van der Waals surface area contributed by atoms with Crippen LogP contribution in [0.4, 0.5) is 0 Å². The van der Waals surface area contributed by atoms with Crippen LogP contribution in [0.5, 0.6) is 0 Å². The average Bonchev–Trinajstić information content (AvgIpc) is 4.28. The van der Waals surface area contributed by atoms with Crippen LogP contribution in [0.15, 0.2) is 0 Å². The van der Waals surface area contributed by atoms with E-state index in [4.69, 9.17) is 28.4 Å². The predicted octanol–water partition coefficient (Wildman–Crippen LogP) is 16.1. The Labute approximate surface area is 412 Å². The minimum atomic E-state index is -0.789. The largest absolute Gasteiger partial charge is 0.462 e. The van der Waals surface area contributed by atoms with Gasteiger partial charge in [0.2, 0.25) is 0 Å². The molecular weight excluding hydrogens is 841 g/mol. The fraction of sp³-hybridized carbons (Fsp3) is 0.948. The zero-order valence-corrected chi connectivity index (χ0v) is 44.0. The maximum Gasteiger partial charge on any atom is 0.306 e. The highest BCUT2D eigenvalue weighted by Gasteiger charge is 2.47. The molecule has 3 fully saturated rings. The highest BCUT2D eigenvalue weighted by Crippen LogP contribution is 2.39. The number of hydrogen-bond donors (Lipinski definition) is 0. The molecule has 0 aliphatic carbocycles. The predicted molar refractivity (Wildman–Crippen MR) is 273 cm³/mol. The second kappa shape index (κ2) is 41.0. The van der Waals surface area contributed by atoms with Crippen molar-refractivity contribution in [3.05, 3.63) is 0 Å². The van der Waals surface area contributed by atoms with Gasteiger partial charge in [-0.05, 0) is 44.9 Å². The third kappa shape index (κ3) is 34.3. The molecule has 0 aromatic rings. The van der Waals surface area contributed by atoms with E-state index in [-0.39, 0.29) is 31.1 Å². The van der Waals surface area contributed by atoms with Crippen molar-refractivity contribution >= 4 is 17.9 Å². The van der Waals surface area contributed by atoms with Gasteiger partial charge in [0.05, 0.1) is 36.6 Å². The number of carbonyl (C=O) groups excluding carboxylic acids is 3. The molecule has 9 nitrogen and oxygen atoms in total. The molecule has 0 aromatic heterocycles. The number of esters is 3. The van der Waals surface area contributed by atoms with E-state index in [2.05, 4.69) is 20.8 Å². The molecule has 3 saturated heterocycles. The lowest BCUT2D eigenvalue weighted by molar-refractivity contribution is -0.167. The normalized spacial score (nSPS) is 21.0. The second-order valence-corrected chi connectivity index (χ2v) is 21.1. The highest BCUT2D eigenvalue weighted by molar-refractivity contribution is 5.71. The van der Waals surface area contributed by atoms with E-state index < -0.39 is 6.10 Å². The number of carbonyl (C=O) groups is 3. The maximum atomic E-state index is 12.9. The van der Waals surface area contributed by atoms with E-state index in [1.165, 1.54) is 167 Å². The Hall–Kier alpha value is -1.71. The van der Waals surface area contributed by atoms with Gasteiger partial charge in [-0.25, -0.2) is 0 Å². The molecule has 0 aromatic carbocycles. The summed E-state index contributed by atoms with van der Waals surface area (Å²) in [5.74, 6) is -0.897. The molecule has 7 atom stereocenters. The number of epoxide rings is 3. The summed E-state index contributed by atoms with van der Waals surface area (Å²) in [4.78, 5) is 38.3. The number of unbranched alkanes of at least 4 members (excludes halogenated alkanes) is 30. The quantitative estimate of drug-likeness (QED) is 0.0254. The van der Waals surface area contributed by atoms with Gasteiger partial charge in [0.25, 0.3) is 0 Å². The Balaban J connectivity index is 1.21. The van der Waals surface area contributed by atoms with Crippen LogP contribution in [-0.4, -0.2) is 73.8 Å². The van der Waals surface area contributed by atoms with E-state index in [1.54, 1.807) is 0 Å². The van der Waals surface area contributed by atoms with Crippen molar-refractivity contribution in [1.29, 1.82) is 0 Å². The van der Waals surface area contributed by atoms with Crippen LogP contribution in [0, 0.1) is 0 Å². The monoisotopic (exact) mass is 947 g/mol. The lowest BCUT2D eigenvalue weighted by Crippen LogP contribution is -2.30. The molecule has 3 aliphatic heterocycles. The van der Waals surface area contributed by atoms with Crippen LogP contribution in [0.3, 0.4) is 0 Å². The molecule has 0 radical (unpaired) electrons. The van der Waals surface area contributed by atoms with Crippen LogP contribution < -0.4 is 0 Å². The standard InChI is InChI=1S/C58H106O9/c1-4-7-10-12-14-15-16-17-18-19-20-21-22-29-36-43-56(59)62-47-49(64-58(61)45-38-31-25-28-34-41-51-50(65-51)40-33-26-13-11-8-5-2)48-63-57(60)44-37-30-24-23-27-35-42-53-55(67-53)46-54-52(66-54)39-32-9-6-3/h49-55H,4-48H2,1-3H3. The molecule has 3 rings (SSSR count). The van der Waals surface area contributed by atoms with E-state index in [0.29, 0.717) is 55.9 Å². The first-order valence-electron chi connectivity index (χ1n) is 29.4. The summed E-state index contributed by atoms with van der Waals surface area (Å²) in [6.45, 7) is 6.61. The molecule has 0 spiro atoms. The molecule has 0 N–H and O–H groups in total. The smallest absolute Gasteiger partial charge is 0.306 e. The summed E-state index contributed by atoms with van der Waals surface area (Å²) in [5, 5.41) is 0. The first-order valence-corrected chi connectivity index (χ1v) is 29.4. The Kier molecular flexibility index (Phi) is 36.4. The van der Waals surface area contributed by atoms with E-state index in [1.807, 2.05) is 0 Å². The van der Waals surface area contributed by atoms with Crippen molar-refractivity contribution in [2.75, 3.05) is 13.2 Å². The van der Waals surface area contributed by atoms with Crippen LogP contribution in [0.1, 0.15) is 297 Å². The van der Waals surface area contributed by atoms with Crippen molar-refractivity contribution < 1.29 is 42.8 Å². The first kappa shape index (κ1) is 59.6. The summed E-state index contributed by atoms with van der Waals surface area (Å²) in [6, 6.07) is 0. The summed E-state index contributed by atoms with van der Waals surface area (Å²) in [5.41, 5.74) is 0. The molecule has 7 unspecified atom stereocenters. The summed E-state index contributed by atoms with van der Waals surface area (Å²) in [7, 11) is 0. The molecule has 3 aliphatic rings. The Morgan fingerprint density at radius 1 is 0.328 bits per heavy atom. The lowest BCUT2D eigenvalue weighted by Gasteiger charge is -2.18. The fourth-order valence-corrected chi connectivity index (χ4v) is 9.90. The zero-order chi connectivity index (χ0) is 47.8. The average molecular weight is 947 g/mol. The number of rotatable bonds is 51.